The van der Waals surface area contributed by atoms with Crippen LogP contribution in [0.1, 0.15) is 65.0 Å². The van der Waals surface area contributed by atoms with E-state index in [1.165, 1.54) is 11.1 Å². The van der Waals surface area contributed by atoms with Crippen molar-refractivity contribution in [2.24, 2.45) is 0 Å². The third-order valence-electron chi connectivity index (χ3n) is 9.05. The Morgan fingerprint density at radius 2 is 1.29 bits per heavy atom. The van der Waals surface area contributed by atoms with Gasteiger partial charge in [0.05, 0.1) is 25.2 Å². The molecule has 5 aromatic rings. The van der Waals surface area contributed by atoms with Crippen LogP contribution in [0.4, 0.5) is 0 Å². The Morgan fingerprint density at radius 1 is 0.667 bits per heavy atom. The number of aliphatic hydroxyl groups is 1. The van der Waals surface area contributed by atoms with Crippen molar-refractivity contribution < 1.29 is 29.3 Å². The fraction of sp³-hybridized carbons (Fsp3) is 0.256. The number of carbonyl (C=O) groups is 2. The number of nitrogens with one attached hydrogen (secondary N) is 1. The summed E-state index contributed by atoms with van der Waals surface area (Å²) >= 11 is 0. The first-order valence-corrected chi connectivity index (χ1v) is 17.4. The Bertz CT molecular complexity index is 1820. The molecular formula is C43H44N2O6. The van der Waals surface area contributed by atoms with Gasteiger partial charge in [-0.15, -0.1) is 0 Å². The lowest BCUT2D eigenvalue weighted by atomic mass is 9.98. The van der Waals surface area contributed by atoms with Gasteiger partial charge in [0.15, 0.2) is 6.29 Å². The average Bonchev–Trinajstić information content (AvgIpc) is 3.17. The van der Waals surface area contributed by atoms with Gasteiger partial charge in [0, 0.05) is 44.6 Å². The molecule has 1 aliphatic heterocycles. The first-order valence-electron chi connectivity index (χ1n) is 17.4. The van der Waals surface area contributed by atoms with Gasteiger partial charge in [-0.05, 0) is 51.1 Å². The van der Waals surface area contributed by atoms with E-state index in [9.17, 15) is 14.7 Å². The summed E-state index contributed by atoms with van der Waals surface area (Å²) in [5.74, 6) is -1.29. The van der Waals surface area contributed by atoms with Gasteiger partial charge in [-0.2, -0.15) is 0 Å². The SMILES string of the molecule is O=C(O)CCC(=O)NCc1cccc(-c2cccc([C@@H]3O[C@H](CN(Cc4ccccc4)Cc4ccccc4)C[C@H](c4ccc(CO)cc4)O3)c2)c1. The van der Waals surface area contributed by atoms with E-state index in [2.05, 4.69) is 64.8 Å². The molecule has 0 radical (unpaired) electrons. The number of amides is 1. The highest BCUT2D eigenvalue weighted by atomic mass is 16.7. The minimum absolute atomic E-state index is 0.0147. The average molecular weight is 685 g/mol. The van der Waals surface area contributed by atoms with Crippen LogP contribution in [0, 0.1) is 0 Å². The monoisotopic (exact) mass is 684 g/mol. The van der Waals surface area contributed by atoms with E-state index in [4.69, 9.17) is 14.6 Å². The number of carboxylic acids is 1. The molecule has 1 heterocycles. The quantitative estimate of drug-likeness (QED) is 0.104. The van der Waals surface area contributed by atoms with Gasteiger partial charge in [0.25, 0.3) is 0 Å². The lowest BCUT2D eigenvalue weighted by Crippen LogP contribution is -2.39. The summed E-state index contributed by atoms with van der Waals surface area (Å²) in [4.78, 5) is 25.4. The maximum atomic E-state index is 12.1. The fourth-order valence-corrected chi connectivity index (χ4v) is 6.42. The molecule has 8 nitrogen and oxygen atoms in total. The van der Waals surface area contributed by atoms with E-state index < -0.39 is 12.3 Å². The lowest BCUT2D eigenvalue weighted by molar-refractivity contribution is -0.253. The zero-order chi connectivity index (χ0) is 35.4. The smallest absolute Gasteiger partial charge is 0.303 e. The van der Waals surface area contributed by atoms with Crippen LogP contribution >= 0.6 is 0 Å². The zero-order valence-corrected chi connectivity index (χ0v) is 28.6. The molecule has 1 fully saturated rings. The van der Waals surface area contributed by atoms with Gasteiger partial charge >= 0.3 is 5.97 Å². The molecule has 1 aliphatic rings. The summed E-state index contributed by atoms with van der Waals surface area (Å²) in [5.41, 5.74) is 8.15. The number of carbonyl (C=O) groups excluding carboxylic acids is 1. The van der Waals surface area contributed by atoms with Crippen molar-refractivity contribution in [3.63, 3.8) is 0 Å². The van der Waals surface area contributed by atoms with E-state index in [0.29, 0.717) is 19.5 Å². The molecule has 0 saturated carbocycles. The molecule has 6 rings (SSSR count). The van der Waals surface area contributed by atoms with E-state index in [-0.39, 0.29) is 37.6 Å². The van der Waals surface area contributed by atoms with Gasteiger partial charge < -0.3 is 25.0 Å². The minimum atomic E-state index is -0.994. The zero-order valence-electron chi connectivity index (χ0n) is 28.6. The van der Waals surface area contributed by atoms with Crippen molar-refractivity contribution in [3.05, 3.63) is 167 Å². The van der Waals surface area contributed by atoms with Crippen LogP contribution in [0.15, 0.2) is 133 Å². The van der Waals surface area contributed by atoms with Gasteiger partial charge in [-0.3, -0.25) is 14.5 Å². The summed E-state index contributed by atoms with van der Waals surface area (Å²) in [7, 11) is 0. The van der Waals surface area contributed by atoms with Crippen molar-refractivity contribution >= 4 is 11.9 Å². The Hall–Kier alpha value is -5.12. The topological polar surface area (TPSA) is 108 Å². The van der Waals surface area contributed by atoms with Crippen LogP contribution in [0.25, 0.3) is 11.1 Å². The van der Waals surface area contributed by atoms with Crippen LogP contribution in [0.3, 0.4) is 0 Å². The predicted molar refractivity (Wildman–Crippen MR) is 196 cm³/mol. The lowest BCUT2D eigenvalue weighted by Gasteiger charge is -2.38. The predicted octanol–water partition coefficient (Wildman–Crippen LogP) is 7.57. The van der Waals surface area contributed by atoms with Gasteiger partial charge in [-0.25, -0.2) is 0 Å². The normalized spacial score (nSPS) is 17.3. The molecule has 3 atom stereocenters. The number of hydrogen-bond acceptors (Lipinski definition) is 6. The Kier molecular flexibility index (Phi) is 12.4. The molecule has 8 heteroatoms. The highest BCUT2D eigenvalue weighted by molar-refractivity contribution is 5.80. The molecule has 0 aliphatic carbocycles. The first-order chi connectivity index (χ1) is 24.9. The van der Waals surface area contributed by atoms with E-state index in [0.717, 1.165) is 46.5 Å². The minimum Gasteiger partial charge on any atom is -0.481 e. The van der Waals surface area contributed by atoms with E-state index >= 15 is 0 Å². The third-order valence-corrected chi connectivity index (χ3v) is 9.05. The summed E-state index contributed by atoms with van der Waals surface area (Å²) in [6.45, 7) is 2.56. The number of benzene rings is 5. The second-order valence-corrected chi connectivity index (χ2v) is 13.0. The number of aliphatic hydroxyl groups excluding tert-OH is 1. The Morgan fingerprint density at radius 3 is 1.94 bits per heavy atom. The number of nitrogens with zero attached hydrogens (tertiary/aromatic N) is 1. The Labute approximate surface area is 299 Å². The summed E-state index contributed by atoms with van der Waals surface area (Å²) in [6, 6.07) is 45.1. The molecule has 0 aromatic heterocycles. The largest absolute Gasteiger partial charge is 0.481 e. The maximum absolute atomic E-state index is 12.1. The number of carboxylic acid groups (broad SMARTS) is 1. The molecule has 0 bridgehead atoms. The second-order valence-electron chi connectivity index (χ2n) is 13.0. The van der Waals surface area contributed by atoms with Crippen molar-refractivity contribution in [1.29, 1.82) is 0 Å². The molecule has 262 valence electrons. The third kappa shape index (κ3) is 10.4. The molecule has 0 unspecified atom stereocenters. The number of rotatable bonds is 15. The van der Waals surface area contributed by atoms with Gasteiger partial charge in [0.1, 0.15) is 0 Å². The van der Waals surface area contributed by atoms with Crippen molar-refractivity contribution in [2.45, 2.75) is 64.0 Å². The Balaban J connectivity index is 1.23. The van der Waals surface area contributed by atoms with Crippen LogP contribution in [-0.4, -0.2) is 39.6 Å². The number of hydrogen-bond donors (Lipinski definition) is 3. The molecule has 3 N–H and O–H groups in total. The summed E-state index contributed by atoms with van der Waals surface area (Å²) in [5, 5.41) is 21.3. The van der Waals surface area contributed by atoms with Crippen molar-refractivity contribution in [3.8, 4) is 11.1 Å². The molecule has 1 saturated heterocycles. The van der Waals surface area contributed by atoms with Gasteiger partial charge in [-0.1, -0.05) is 121 Å². The van der Waals surface area contributed by atoms with Crippen LogP contribution in [0.5, 0.6) is 0 Å². The molecular weight excluding hydrogens is 640 g/mol. The first kappa shape index (κ1) is 35.7. The van der Waals surface area contributed by atoms with Crippen molar-refractivity contribution in [2.75, 3.05) is 6.54 Å². The standard InChI is InChI=1S/C43H44N2O6/c46-30-33-17-19-35(20-18-33)40-25-39(29-45(27-31-9-3-1-4-10-31)28-32-11-5-2-6-12-32)50-43(51-40)38-16-8-15-37(24-38)36-14-7-13-34(23-36)26-44-41(47)21-22-42(48)49/h1-20,23-24,39-40,43,46H,21-22,25-30H2,(H,44,47)(H,48,49)/t39-,40+,43+/m0/s1. The molecule has 51 heavy (non-hydrogen) atoms. The number of ether oxygens (including phenoxy) is 2. The second kappa shape index (κ2) is 17.7. The maximum Gasteiger partial charge on any atom is 0.303 e. The van der Waals surface area contributed by atoms with Crippen LogP contribution in [0.2, 0.25) is 0 Å². The molecule has 5 aromatic carbocycles. The molecule has 1 amide bonds. The highest BCUT2D eigenvalue weighted by Crippen LogP contribution is 2.39. The van der Waals surface area contributed by atoms with Gasteiger partial charge in [0.2, 0.25) is 5.91 Å². The van der Waals surface area contributed by atoms with E-state index in [1.807, 2.05) is 78.9 Å². The summed E-state index contributed by atoms with van der Waals surface area (Å²) < 4.78 is 13.5. The van der Waals surface area contributed by atoms with Crippen molar-refractivity contribution in [1.82, 2.24) is 10.2 Å². The van der Waals surface area contributed by atoms with Crippen LogP contribution in [-0.2, 0) is 45.3 Å². The van der Waals surface area contributed by atoms with Crippen LogP contribution < -0.4 is 5.32 Å². The van der Waals surface area contributed by atoms with E-state index in [1.54, 1.807) is 0 Å². The highest BCUT2D eigenvalue weighted by Gasteiger charge is 2.33. The summed E-state index contributed by atoms with van der Waals surface area (Å²) in [6.07, 6.45) is -0.531. The number of aliphatic carboxylic acids is 1. The molecule has 0 spiro atoms. The fourth-order valence-electron chi connectivity index (χ4n) is 6.42.